The topological polar surface area (TPSA) is 76.7 Å². The van der Waals surface area contributed by atoms with Crippen LogP contribution in [0.4, 0.5) is 0 Å². The van der Waals surface area contributed by atoms with E-state index in [1.165, 1.54) is 32.7 Å². The number of benzene rings is 4. The fraction of sp³-hybridized carbons (Fsp3) is 0.235. The van der Waals surface area contributed by atoms with E-state index < -0.39 is 0 Å². The molecule has 0 aliphatic carbocycles. The Morgan fingerprint density at radius 2 is 1.00 bits per heavy atom. The first kappa shape index (κ1) is 31.1. The Bertz CT molecular complexity index is 1420. The number of amides is 2. The summed E-state index contributed by atoms with van der Waals surface area (Å²) in [7, 11) is 3.49. The van der Waals surface area contributed by atoms with Crippen molar-refractivity contribution in [3.8, 4) is 11.5 Å². The molecule has 0 saturated heterocycles. The molecule has 0 heterocycles. The number of carbonyl (C=O) groups excluding carboxylic acids is 2. The van der Waals surface area contributed by atoms with Crippen LogP contribution in [0.25, 0.3) is 21.5 Å². The zero-order valence-corrected chi connectivity index (χ0v) is 25.2. The molecule has 0 atom stereocenters. The summed E-state index contributed by atoms with van der Waals surface area (Å²) >= 11 is 0. The van der Waals surface area contributed by atoms with Gasteiger partial charge in [0.1, 0.15) is 11.5 Å². The predicted molar refractivity (Wildman–Crippen MR) is 175 cm³/mol. The second-order valence-electron chi connectivity index (χ2n) is 9.61. The van der Waals surface area contributed by atoms with Gasteiger partial charge in [0.15, 0.2) is 0 Å². The van der Waals surface area contributed by atoms with Crippen molar-refractivity contribution in [3.63, 3.8) is 0 Å². The van der Waals surface area contributed by atoms with Crippen molar-refractivity contribution in [3.05, 3.63) is 98.1 Å². The van der Waals surface area contributed by atoms with Crippen molar-refractivity contribution in [2.75, 3.05) is 26.3 Å². The van der Waals surface area contributed by atoms with E-state index in [0.717, 1.165) is 48.0 Å². The Labute approximate surface area is 255 Å². The Hall–Kier alpha value is -3.88. The van der Waals surface area contributed by atoms with Crippen LogP contribution in [-0.2, 0) is 9.59 Å². The number of nitrogens with one attached hydrogen (secondary N) is 2. The minimum absolute atomic E-state index is 0.142. The molecular weight excluding hydrogens is 565 g/mol. The van der Waals surface area contributed by atoms with Crippen molar-refractivity contribution >= 4 is 54.9 Å². The third kappa shape index (κ3) is 9.89. The highest BCUT2D eigenvalue weighted by Crippen LogP contribution is 2.40. The fourth-order valence-corrected chi connectivity index (χ4v) is 6.17. The maximum absolute atomic E-state index is 11.2. The van der Waals surface area contributed by atoms with Crippen molar-refractivity contribution in [2.24, 2.45) is 0 Å². The molecule has 0 fully saturated rings. The Morgan fingerprint density at radius 1 is 0.595 bits per heavy atom. The zero-order valence-electron chi connectivity index (χ0n) is 23.6. The van der Waals surface area contributed by atoms with Crippen LogP contribution >= 0.6 is 21.6 Å². The second kappa shape index (κ2) is 16.5. The fourth-order valence-electron chi connectivity index (χ4n) is 4.18. The lowest BCUT2D eigenvalue weighted by Crippen LogP contribution is -2.22. The molecule has 6 nitrogen and oxygen atoms in total. The molecule has 0 aliphatic heterocycles. The summed E-state index contributed by atoms with van der Waals surface area (Å²) in [6.45, 7) is 9.37. The minimum atomic E-state index is -0.142. The van der Waals surface area contributed by atoms with E-state index in [-0.39, 0.29) is 11.8 Å². The molecule has 4 aromatic carbocycles. The van der Waals surface area contributed by atoms with Crippen LogP contribution in [0.15, 0.2) is 108 Å². The first-order valence-corrected chi connectivity index (χ1v) is 16.2. The van der Waals surface area contributed by atoms with Gasteiger partial charge in [0.25, 0.3) is 0 Å². The van der Waals surface area contributed by atoms with Gasteiger partial charge in [0.05, 0.1) is 13.2 Å². The maximum atomic E-state index is 11.2. The number of hydrogen-bond donors (Lipinski definition) is 2. The molecule has 4 rings (SSSR count). The highest BCUT2D eigenvalue weighted by Gasteiger charge is 2.05. The second-order valence-corrected chi connectivity index (χ2v) is 11.9. The van der Waals surface area contributed by atoms with E-state index in [9.17, 15) is 9.59 Å². The minimum Gasteiger partial charge on any atom is -0.494 e. The van der Waals surface area contributed by atoms with Gasteiger partial charge in [-0.05, 0) is 108 Å². The van der Waals surface area contributed by atoms with Gasteiger partial charge in [0.2, 0.25) is 11.8 Å². The summed E-state index contributed by atoms with van der Waals surface area (Å²) in [6.07, 6.45) is 6.02. The number of hydrogen-bond acceptors (Lipinski definition) is 6. The molecule has 2 amide bonds. The van der Waals surface area contributed by atoms with E-state index in [1.54, 1.807) is 21.6 Å². The number of ether oxygens (including phenoxy) is 2. The summed E-state index contributed by atoms with van der Waals surface area (Å²) in [5, 5.41) is 10.2. The summed E-state index contributed by atoms with van der Waals surface area (Å²) in [6, 6.07) is 25.3. The zero-order chi connectivity index (χ0) is 29.6. The van der Waals surface area contributed by atoms with Crippen molar-refractivity contribution in [1.29, 1.82) is 0 Å². The summed E-state index contributed by atoms with van der Waals surface area (Å²) in [4.78, 5) is 24.7. The van der Waals surface area contributed by atoms with Crippen LogP contribution in [0.3, 0.4) is 0 Å². The van der Waals surface area contributed by atoms with Crippen LogP contribution in [0.5, 0.6) is 11.5 Å². The molecule has 0 aromatic heterocycles. The first-order valence-electron chi connectivity index (χ1n) is 14.0. The van der Waals surface area contributed by atoms with E-state index >= 15 is 0 Å². The van der Waals surface area contributed by atoms with E-state index in [2.05, 4.69) is 84.5 Å². The summed E-state index contributed by atoms with van der Waals surface area (Å²) < 4.78 is 11.8. The molecule has 218 valence electrons. The Morgan fingerprint density at radius 3 is 1.43 bits per heavy atom. The Balaban J connectivity index is 1.22. The van der Waals surface area contributed by atoms with Gasteiger partial charge in [-0.3, -0.25) is 9.59 Å². The van der Waals surface area contributed by atoms with Crippen LogP contribution in [0, 0.1) is 0 Å². The Kier molecular flexibility index (Phi) is 12.2. The standard InChI is InChI=1S/C34H36N2O4S2/c1-3-33(37)35-17-5-7-19-39-29-13-9-27-23-31(15-11-25(27)21-29)41-42-32-16-12-26-22-30(14-10-28(26)24-32)40-20-8-6-18-36-34(38)4-2/h3-4,9-16,21-24H,1-2,5-8,17-20H2,(H,35,37)(H,36,38). The van der Waals surface area contributed by atoms with Gasteiger partial charge >= 0.3 is 0 Å². The largest absolute Gasteiger partial charge is 0.494 e. The number of rotatable bonds is 17. The van der Waals surface area contributed by atoms with Crippen molar-refractivity contribution in [2.45, 2.75) is 35.5 Å². The summed E-state index contributed by atoms with van der Waals surface area (Å²) in [5.41, 5.74) is 0. The van der Waals surface area contributed by atoms with Crippen molar-refractivity contribution < 1.29 is 19.1 Å². The molecule has 0 unspecified atom stereocenters. The molecule has 42 heavy (non-hydrogen) atoms. The molecule has 0 aliphatic rings. The highest BCUT2D eigenvalue weighted by atomic mass is 33.1. The van der Waals surface area contributed by atoms with Crippen LogP contribution < -0.4 is 20.1 Å². The average Bonchev–Trinajstić information content (AvgIpc) is 3.02. The molecule has 0 spiro atoms. The lowest BCUT2D eigenvalue weighted by Gasteiger charge is -2.09. The van der Waals surface area contributed by atoms with Gasteiger partial charge in [-0.2, -0.15) is 0 Å². The molecule has 8 heteroatoms. The lowest BCUT2D eigenvalue weighted by molar-refractivity contribution is -0.117. The smallest absolute Gasteiger partial charge is 0.243 e. The molecule has 0 saturated carbocycles. The van der Waals surface area contributed by atoms with E-state index in [1.807, 2.05) is 12.1 Å². The number of fused-ring (bicyclic) bond motifs is 2. The third-order valence-corrected chi connectivity index (χ3v) is 8.83. The SMILES string of the molecule is C=CC(=O)NCCCCOc1ccc2cc(SSc3ccc4cc(OCCCCNC(=O)C=C)ccc4c3)ccc2c1. The quantitative estimate of drug-likeness (QED) is 0.0734. The van der Waals surface area contributed by atoms with Crippen molar-refractivity contribution in [1.82, 2.24) is 10.6 Å². The van der Waals surface area contributed by atoms with Crippen LogP contribution in [-0.4, -0.2) is 38.1 Å². The van der Waals surface area contributed by atoms with Gasteiger partial charge in [-0.15, -0.1) is 0 Å². The molecular formula is C34H36N2O4S2. The predicted octanol–water partition coefficient (Wildman–Crippen LogP) is 7.71. The van der Waals surface area contributed by atoms with E-state index in [0.29, 0.717) is 26.3 Å². The van der Waals surface area contributed by atoms with Crippen LogP contribution in [0.1, 0.15) is 25.7 Å². The summed E-state index contributed by atoms with van der Waals surface area (Å²) in [5.74, 6) is 1.42. The lowest BCUT2D eigenvalue weighted by atomic mass is 10.1. The normalized spacial score (nSPS) is 10.8. The van der Waals surface area contributed by atoms with Gasteiger partial charge in [0, 0.05) is 22.9 Å². The van der Waals surface area contributed by atoms with Gasteiger partial charge in [-0.25, -0.2) is 0 Å². The van der Waals surface area contributed by atoms with E-state index in [4.69, 9.17) is 9.47 Å². The molecule has 4 aromatic rings. The average molecular weight is 601 g/mol. The highest BCUT2D eigenvalue weighted by molar-refractivity contribution is 8.76. The number of unbranched alkanes of at least 4 members (excludes halogenated alkanes) is 2. The molecule has 0 bridgehead atoms. The maximum Gasteiger partial charge on any atom is 0.243 e. The van der Waals surface area contributed by atoms with Gasteiger partial charge in [-0.1, -0.05) is 59.0 Å². The molecule has 0 radical (unpaired) electrons. The first-order chi connectivity index (χ1) is 20.5. The van der Waals surface area contributed by atoms with Gasteiger partial charge < -0.3 is 20.1 Å². The molecule has 2 N–H and O–H groups in total. The van der Waals surface area contributed by atoms with Crippen LogP contribution in [0.2, 0.25) is 0 Å². The monoisotopic (exact) mass is 600 g/mol. The number of carbonyl (C=O) groups is 2. The third-order valence-electron chi connectivity index (χ3n) is 6.45.